The lowest BCUT2D eigenvalue weighted by molar-refractivity contribution is -0.137. The zero-order chi connectivity index (χ0) is 14.1. The third-order valence-electron chi connectivity index (χ3n) is 2.59. The molecule has 0 aliphatic heterocycles. The van der Waals surface area contributed by atoms with Crippen LogP contribution in [0.15, 0.2) is 24.3 Å². The van der Waals surface area contributed by atoms with Crippen LogP contribution in [-0.2, 0) is 9.53 Å². The van der Waals surface area contributed by atoms with Crippen LogP contribution in [0.5, 0.6) is 5.75 Å². The van der Waals surface area contributed by atoms with Gasteiger partial charge in [-0.3, -0.25) is 4.79 Å². The summed E-state index contributed by atoms with van der Waals surface area (Å²) in [5, 5.41) is 0. The Bertz CT molecular complexity index is 409. The Morgan fingerprint density at radius 3 is 2.32 bits per heavy atom. The summed E-state index contributed by atoms with van der Waals surface area (Å²) < 4.78 is 10.2. The van der Waals surface area contributed by atoms with E-state index in [4.69, 9.17) is 4.74 Å². The fraction of sp³-hybridized carbons (Fsp3) is 0.467. The number of ether oxygens (including phenoxy) is 2. The Labute approximate surface area is 113 Å². The molecule has 0 atom stereocenters. The average Bonchev–Trinajstić information content (AvgIpc) is 2.44. The lowest BCUT2D eigenvalue weighted by atomic mass is 10.1. The molecular formula is C15H20O4. The van der Waals surface area contributed by atoms with Crippen LogP contribution in [-0.4, -0.2) is 25.0 Å². The van der Waals surface area contributed by atoms with Crippen molar-refractivity contribution in [1.29, 1.82) is 0 Å². The molecule has 0 aromatic heterocycles. The number of Topliss-reactive ketones (excluding diaryl/α,β-unsaturated/α-hetero) is 1. The van der Waals surface area contributed by atoms with E-state index in [-0.39, 0.29) is 6.61 Å². The van der Waals surface area contributed by atoms with E-state index < -0.39 is 11.8 Å². The topological polar surface area (TPSA) is 52.6 Å². The Morgan fingerprint density at radius 2 is 1.74 bits per heavy atom. The third kappa shape index (κ3) is 5.12. The predicted octanol–water partition coefficient (Wildman–Crippen LogP) is 3.00. The van der Waals surface area contributed by atoms with Crippen LogP contribution in [0.2, 0.25) is 0 Å². The molecule has 19 heavy (non-hydrogen) atoms. The number of benzene rings is 1. The molecule has 0 unspecified atom stereocenters. The number of carbonyl (C=O) groups excluding carboxylic acids is 2. The first-order valence-electron chi connectivity index (χ1n) is 6.63. The van der Waals surface area contributed by atoms with Gasteiger partial charge >= 0.3 is 5.97 Å². The first-order valence-corrected chi connectivity index (χ1v) is 6.63. The molecule has 0 heterocycles. The van der Waals surface area contributed by atoms with Crippen LogP contribution in [0.1, 0.15) is 43.5 Å². The van der Waals surface area contributed by atoms with E-state index >= 15 is 0 Å². The van der Waals surface area contributed by atoms with E-state index in [0.717, 1.165) is 19.3 Å². The van der Waals surface area contributed by atoms with Gasteiger partial charge in [0.1, 0.15) is 5.75 Å². The molecular weight excluding hydrogens is 244 g/mol. The standard InChI is InChI=1S/C15H20O4/c1-3-5-6-11-19-13-9-7-12(8-10-13)14(16)15(17)18-4-2/h7-10H,3-6,11H2,1-2H3. The fourth-order valence-electron chi connectivity index (χ4n) is 1.56. The number of ketones is 1. The number of unbranched alkanes of at least 4 members (excludes halogenated alkanes) is 2. The first kappa shape index (κ1) is 15.2. The predicted molar refractivity (Wildman–Crippen MR) is 72.4 cm³/mol. The molecule has 1 aromatic rings. The summed E-state index contributed by atoms with van der Waals surface area (Å²) in [7, 11) is 0. The van der Waals surface area contributed by atoms with Gasteiger partial charge in [-0.2, -0.15) is 0 Å². The summed E-state index contributed by atoms with van der Waals surface area (Å²) in [4.78, 5) is 22.9. The lowest BCUT2D eigenvalue weighted by Gasteiger charge is -2.06. The van der Waals surface area contributed by atoms with E-state index in [9.17, 15) is 9.59 Å². The largest absolute Gasteiger partial charge is 0.494 e. The first-order chi connectivity index (χ1) is 9.19. The van der Waals surface area contributed by atoms with Gasteiger partial charge in [0, 0.05) is 5.56 Å². The van der Waals surface area contributed by atoms with Crippen molar-refractivity contribution in [3.63, 3.8) is 0 Å². The number of carbonyl (C=O) groups is 2. The lowest BCUT2D eigenvalue weighted by Crippen LogP contribution is -2.17. The van der Waals surface area contributed by atoms with Gasteiger partial charge in [-0.25, -0.2) is 4.79 Å². The van der Waals surface area contributed by atoms with Crippen LogP contribution in [0, 0.1) is 0 Å². The summed E-state index contributed by atoms with van der Waals surface area (Å²) in [6, 6.07) is 6.54. The Morgan fingerprint density at radius 1 is 1.05 bits per heavy atom. The molecule has 4 nitrogen and oxygen atoms in total. The van der Waals surface area contributed by atoms with E-state index in [1.807, 2.05) is 0 Å². The van der Waals surface area contributed by atoms with E-state index in [1.165, 1.54) is 0 Å². The van der Waals surface area contributed by atoms with Crippen LogP contribution >= 0.6 is 0 Å². The third-order valence-corrected chi connectivity index (χ3v) is 2.59. The van der Waals surface area contributed by atoms with Crippen molar-refractivity contribution in [2.75, 3.05) is 13.2 Å². The monoisotopic (exact) mass is 264 g/mol. The molecule has 104 valence electrons. The van der Waals surface area contributed by atoms with Crippen molar-refractivity contribution in [2.45, 2.75) is 33.1 Å². The number of hydrogen-bond donors (Lipinski definition) is 0. The maximum Gasteiger partial charge on any atom is 0.379 e. The van der Waals surface area contributed by atoms with Gasteiger partial charge in [0.15, 0.2) is 0 Å². The molecule has 1 aromatic carbocycles. The van der Waals surface area contributed by atoms with Crippen molar-refractivity contribution in [1.82, 2.24) is 0 Å². The quantitative estimate of drug-likeness (QED) is 0.313. The Hall–Kier alpha value is -1.84. The minimum absolute atomic E-state index is 0.198. The van der Waals surface area contributed by atoms with Gasteiger partial charge in [-0.05, 0) is 37.6 Å². The zero-order valence-electron chi connectivity index (χ0n) is 11.5. The van der Waals surface area contributed by atoms with E-state index in [0.29, 0.717) is 17.9 Å². The van der Waals surface area contributed by atoms with Crippen LogP contribution < -0.4 is 4.74 Å². The zero-order valence-corrected chi connectivity index (χ0v) is 11.5. The summed E-state index contributed by atoms with van der Waals surface area (Å²) in [5.41, 5.74) is 0.319. The summed E-state index contributed by atoms with van der Waals surface area (Å²) in [5.74, 6) is -0.741. The Balaban J connectivity index is 2.51. The average molecular weight is 264 g/mol. The molecule has 4 heteroatoms. The minimum Gasteiger partial charge on any atom is -0.494 e. The van der Waals surface area contributed by atoms with Gasteiger partial charge in [0.25, 0.3) is 5.78 Å². The molecule has 0 aliphatic carbocycles. The molecule has 0 bridgehead atoms. The molecule has 1 rings (SSSR count). The summed E-state index contributed by atoms with van der Waals surface area (Å²) in [6.07, 6.45) is 3.30. The highest BCUT2D eigenvalue weighted by Gasteiger charge is 2.16. The van der Waals surface area contributed by atoms with Crippen molar-refractivity contribution >= 4 is 11.8 Å². The second-order valence-electron chi connectivity index (χ2n) is 4.13. The molecule has 0 aliphatic rings. The van der Waals surface area contributed by atoms with Crippen molar-refractivity contribution in [3.05, 3.63) is 29.8 Å². The van der Waals surface area contributed by atoms with Crippen LogP contribution in [0.25, 0.3) is 0 Å². The van der Waals surface area contributed by atoms with E-state index in [2.05, 4.69) is 11.7 Å². The maximum atomic E-state index is 11.6. The van der Waals surface area contributed by atoms with Gasteiger partial charge in [-0.15, -0.1) is 0 Å². The van der Waals surface area contributed by atoms with Gasteiger partial charge < -0.3 is 9.47 Å². The SMILES string of the molecule is CCCCCOc1ccc(C(=O)C(=O)OCC)cc1. The second-order valence-corrected chi connectivity index (χ2v) is 4.13. The molecule has 0 N–H and O–H groups in total. The van der Waals surface area contributed by atoms with Crippen molar-refractivity contribution < 1.29 is 19.1 Å². The maximum absolute atomic E-state index is 11.6. The van der Waals surface area contributed by atoms with Crippen LogP contribution in [0.4, 0.5) is 0 Å². The minimum atomic E-state index is -0.820. The molecule has 0 spiro atoms. The van der Waals surface area contributed by atoms with Crippen molar-refractivity contribution in [2.24, 2.45) is 0 Å². The second kappa shape index (κ2) is 8.29. The number of rotatable bonds is 8. The highest BCUT2D eigenvalue weighted by atomic mass is 16.5. The molecule has 0 amide bonds. The van der Waals surface area contributed by atoms with Gasteiger partial charge in [0.05, 0.1) is 13.2 Å². The van der Waals surface area contributed by atoms with Crippen LogP contribution in [0.3, 0.4) is 0 Å². The number of hydrogen-bond acceptors (Lipinski definition) is 4. The molecule has 0 saturated heterocycles. The molecule has 0 saturated carbocycles. The van der Waals surface area contributed by atoms with Gasteiger partial charge in [0.2, 0.25) is 0 Å². The fourth-order valence-corrected chi connectivity index (χ4v) is 1.56. The normalized spacial score (nSPS) is 10.0. The summed E-state index contributed by atoms with van der Waals surface area (Å²) >= 11 is 0. The van der Waals surface area contributed by atoms with E-state index in [1.54, 1.807) is 31.2 Å². The molecule has 0 fully saturated rings. The highest BCUT2D eigenvalue weighted by molar-refractivity contribution is 6.40. The van der Waals surface area contributed by atoms with Crippen molar-refractivity contribution in [3.8, 4) is 5.75 Å². The van der Waals surface area contributed by atoms with Gasteiger partial charge in [-0.1, -0.05) is 19.8 Å². The highest BCUT2D eigenvalue weighted by Crippen LogP contribution is 2.13. The number of esters is 1. The smallest absolute Gasteiger partial charge is 0.379 e. The molecule has 0 radical (unpaired) electrons. The Kier molecular flexibility index (Phi) is 6.64. The summed E-state index contributed by atoms with van der Waals surface area (Å²) in [6.45, 7) is 4.66.